The highest BCUT2D eigenvalue weighted by molar-refractivity contribution is 6.42. The zero-order valence-corrected chi connectivity index (χ0v) is 14.0. The number of hydrogen-bond donors (Lipinski definition) is 1. The van der Waals surface area contributed by atoms with E-state index in [1.54, 1.807) is 39.8 Å². The van der Waals surface area contributed by atoms with Crippen molar-refractivity contribution in [2.75, 3.05) is 0 Å². The minimum Gasteiger partial charge on any atom is -0.444 e. The quantitative estimate of drug-likeness (QED) is 0.827. The van der Waals surface area contributed by atoms with Crippen LogP contribution in [0.3, 0.4) is 0 Å². The summed E-state index contributed by atoms with van der Waals surface area (Å²) in [4.78, 5) is 23.7. The summed E-state index contributed by atoms with van der Waals surface area (Å²) in [7, 11) is 0. The van der Waals surface area contributed by atoms with E-state index in [0.29, 0.717) is 15.6 Å². The molecule has 1 N–H and O–H groups in total. The molecular formula is C15H19Cl2NO3. The van der Waals surface area contributed by atoms with Gasteiger partial charge in [0.2, 0.25) is 0 Å². The fourth-order valence-corrected chi connectivity index (χ4v) is 1.92. The molecule has 0 aliphatic rings. The molecular weight excluding hydrogens is 313 g/mol. The molecule has 0 aliphatic carbocycles. The molecule has 0 aliphatic heterocycles. The highest BCUT2D eigenvalue weighted by Crippen LogP contribution is 2.23. The molecule has 0 saturated carbocycles. The van der Waals surface area contributed by atoms with Crippen LogP contribution in [0.5, 0.6) is 0 Å². The molecule has 0 fully saturated rings. The third-order valence-corrected chi connectivity index (χ3v) is 3.24. The van der Waals surface area contributed by atoms with Crippen LogP contribution in [0, 0.1) is 0 Å². The van der Waals surface area contributed by atoms with Crippen LogP contribution in [0.1, 0.15) is 44.5 Å². The fourth-order valence-electron chi connectivity index (χ4n) is 1.63. The topological polar surface area (TPSA) is 55.4 Å². The second kappa shape index (κ2) is 7.14. The SMILES string of the molecule is CC(CC(=O)c1ccc(Cl)c(Cl)c1)NC(=O)OC(C)(C)C. The Hall–Kier alpha value is -1.26. The van der Waals surface area contributed by atoms with Crippen LogP contribution in [0.2, 0.25) is 10.0 Å². The fraction of sp³-hybridized carbons (Fsp3) is 0.467. The lowest BCUT2D eigenvalue weighted by Crippen LogP contribution is -2.38. The van der Waals surface area contributed by atoms with Crippen LogP contribution in [0.25, 0.3) is 0 Å². The van der Waals surface area contributed by atoms with Crippen LogP contribution >= 0.6 is 23.2 Å². The number of halogens is 2. The number of carbonyl (C=O) groups excluding carboxylic acids is 2. The lowest BCUT2D eigenvalue weighted by Gasteiger charge is -2.21. The largest absolute Gasteiger partial charge is 0.444 e. The van der Waals surface area contributed by atoms with E-state index in [9.17, 15) is 9.59 Å². The van der Waals surface area contributed by atoms with E-state index < -0.39 is 11.7 Å². The third-order valence-electron chi connectivity index (χ3n) is 2.50. The van der Waals surface area contributed by atoms with Gasteiger partial charge >= 0.3 is 6.09 Å². The van der Waals surface area contributed by atoms with E-state index in [1.807, 2.05) is 0 Å². The molecule has 1 amide bonds. The Morgan fingerprint density at radius 1 is 1.24 bits per heavy atom. The predicted molar refractivity (Wildman–Crippen MR) is 84.2 cm³/mol. The zero-order valence-electron chi connectivity index (χ0n) is 12.5. The van der Waals surface area contributed by atoms with E-state index in [1.165, 1.54) is 6.07 Å². The van der Waals surface area contributed by atoms with Crippen LogP contribution in [0.4, 0.5) is 4.79 Å². The lowest BCUT2D eigenvalue weighted by molar-refractivity contribution is 0.0506. The van der Waals surface area contributed by atoms with E-state index >= 15 is 0 Å². The third kappa shape index (κ3) is 6.36. The van der Waals surface area contributed by atoms with Gasteiger partial charge in [0.25, 0.3) is 0 Å². The van der Waals surface area contributed by atoms with Gasteiger partial charge in [-0.25, -0.2) is 4.79 Å². The van der Waals surface area contributed by atoms with Crippen molar-refractivity contribution in [2.24, 2.45) is 0 Å². The highest BCUT2D eigenvalue weighted by atomic mass is 35.5. The molecule has 0 bridgehead atoms. The summed E-state index contributed by atoms with van der Waals surface area (Å²) in [5, 5.41) is 3.35. The van der Waals surface area contributed by atoms with E-state index in [4.69, 9.17) is 27.9 Å². The summed E-state index contributed by atoms with van der Waals surface area (Å²) < 4.78 is 5.13. The minimum atomic E-state index is -0.572. The zero-order chi connectivity index (χ0) is 16.2. The van der Waals surface area contributed by atoms with E-state index in [0.717, 1.165) is 0 Å². The maximum atomic E-state index is 12.1. The van der Waals surface area contributed by atoms with Crippen molar-refractivity contribution in [1.82, 2.24) is 5.32 Å². The van der Waals surface area contributed by atoms with Gasteiger partial charge in [-0.15, -0.1) is 0 Å². The number of ether oxygens (including phenoxy) is 1. The predicted octanol–water partition coefficient (Wildman–Crippen LogP) is 4.48. The standard InChI is InChI=1S/C15H19Cl2NO3/c1-9(18-14(20)21-15(2,3)4)7-13(19)10-5-6-11(16)12(17)8-10/h5-6,8-9H,7H2,1-4H3,(H,18,20). The molecule has 21 heavy (non-hydrogen) atoms. The monoisotopic (exact) mass is 331 g/mol. The highest BCUT2D eigenvalue weighted by Gasteiger charge is 2.19. The molecule has 1 unspecified atom stereocenters. The normalized spacial score (nSPS) is 12.7. The van der Waals surface area contributed by atoms with E-state index in [2.05, 4.69) is 5.32 Å². The molecule has 1 atom stereocenters. The number of carbonyl (C=O) groups is 2. The van der Waals surface area contributed by atoms with Crippen LogP contribution in [-0.2, 0) is 4.74 Å². The summed E-state index contributed by atoms with van der Waals surface area (Å²) in [5.74, 6) is -0.128. The molecule has 0 radical (unpaired) electrons. The van der Waals surface area contributed by atoms with Crippen molar-refractivity contribution < 1.29 is 14.3 Å². The first-order valence-electron chi connectivity index (χ1n) is 6.56. The number of Topliss-reactive ketones (excluding diaryl/α,β-unsaturated/α-hetero) is 1. The number of amides is 1. The van der Waals surface area contributed by atoms with Gasteiger partial charge in [-0.05, 0) is 45.9 Å². The molecule has 0 aromatic heterocycles. The van der Waals surface area contributed by atoms with E-state index in [-0.39, 0.29) is 18.2 Å². The van der Waals surface area contributed by atoms with Gasteiger partial charge in [-0.1, -0.05) is 23.2 Å². The summed E-state index contributed by atoms with van der Waals surface area (Å²) >= 11 is 11.7. The summed E-state index contributed by atoms with van der Waals surface area (Å²) in [6, 6.07) is 4.36. The smallest absolute Gasteiger partial charge is 0.407 e. The van der Waals surface area contributed by atoms with Gasteiger partial charge in [0, 0.05) is 18.0 Å². The first-order chi connectivity index (χ1) is 9.58. The molecule has 4 nitrogen and oxygen atoms in total. The van der Waals surface area contributed by atoms with Gasteiger partial charge < -0.3 is 10.1 Å². The van der Waals surface area contributed by atoms with Crippen molar-refractivity contribution in [3.63, 3.8) is 0 Å². The molecule has 1 aromatic carbocycles. The first kappa shape index (κ1) is 17.8. The molecule has 116 valence electrons. The second-order valence-electron chi connectivity index (χ2n) is 5.80. The van der Waals surface area contributed by atoms with Crippen molar-refractivity contribution in [1.29, 1.82) is 0 Å². The number of rotatable bonds is 4. The Morgan fingerprint density at radius 3 is 2.38 bits per heavy atom. The van der Waals surface area contributed by atoms with Crippen LogP contribution in [-0.4, -0.2) is 23.5 Å². The molecule has 1 aromatic rings. The van der Waals surface area contributed by atoms with Gasteiger partial charge in [0.15, 0.2) is 5.78 Å². The number of hydrogen-bond acceptors (Lipinski definition) is 3. The number of benzene rings is 1. The Morgan fingerprint density at radius 2 is 1.86 bits per heavy atom. The Kier molecular flexibility index (Phi) is 6.05. The maximum absolute atomic E-state index is 12.1. The molecule has 1 rings (SSSR count). The minimum absolute atomic E-state index is 0.128. The summed E-state index contributed by atoms with van der Waals surface area (Å²) in [5.41, 5.74) is -0.112. The summed E-state index contributed by atoms with van der Waals surface area (Å²) in [6.45, 7) is 7.06. The first-order valence-corrected chi connectivity index (χ1v) is 7.32. The summed E-state index contributed by atoms with van der Waals surface area (Å²) in [6.07, 6.45) is -0.394. The van der Waals surface area contributed by atoms with Crippen molar-refractivity contribution in [3.05, 3.63) is 33.8 Å². The molecule has 0 spiro atoms. The average Bonchev–Trinajstić information content (AvgIpc) is 2.29. The Balaban J connectivity index is 2.58. The van der Waals surface area contributed by atoms with Gasteiger partial charge in [-0.3, -0.25) is 4.79 Å². The number of alkyl carbamates (subject to hydrolysis) is 1. The number of ketones is 1. The van der Waals surface area contributed by atoms with Gasteiger partial charge in [0.1, 0.15) is 5.60 Å². The maximum Gasteiger partial charge on any atom is 0.407 e. The second-order valence-corrected chi connectivity index (χ2v) is 6.62. The number of nitrogens with one attached hydrogen (secondary N) is 1. The van der Waals surface area contributed by atoms with Crippen molar-refractivity contribution >= 4 is 35.1 Å². The van der Waals surface area contributed by atoms with Crippen molar-refractivity contribution in [3.8, 4) is 0 Å². The van der Waals surface area contributed by atoms with Crippen LogP contribution in [0.15, 0.2) is 18.2 Å². The molecule has 6 heteroatoms. The molecule has 0 saturated heterocycles. The van der Waals surface area contributed by atoms with Crippen LogP contribution < -0.4 is 5.32 Å². The average molecular weight is 332 g/mol. The van der Waals surface area contributed by atoms with Gasteiger partial charge in [-0.2, -0.15) is 0 Å². The lowest BCUT2D eigenvalue weighted by atomic mass is 10.0. The Labute approximate surface area is 134 Å². The van der Waals surface area contributed by atoms with Gasteiger partial charge in [0.05, 0.1) is 10.0 Å². The molecule has 0 heterocycles. The van der Waals surface area contributed by atoms with Crippen molar-refractivity contribution in [2.45, 2.75) is 45.8 Å². The Bertz CT molecular complexity index is 538.